The van der Waals surface area contributed by atoms with Gasteiger partial charge < -0.3 is 14.8 Å². The summed E-state index contributed by atoms with van der Waals surface area (Å²) in [5.41, 5.74) is 3.46. The Morgan fingerprint density at radius 2 is 2.00 bits per heavy atom. The van der Waals surface area contributed by atoms with Gasteiger partial charge in [0.25, 0.3) is 11.5 Å². The second-order valence-corrected chi connectivity index (χ2v) is 8.14. The first kappa shape index (κ1) is 18.9. The van der Waals surface area contributed by atoms with E-state index in [0.29, 0.717) is 31.1 Å². The second kappa shape index (κ2) is 8.31. The molecule has 2 aliphatic rings. The average Bonchev–Trinajstić information content (AvgIpc) is 2.93. The minimum Gasteiger partial charge on any atom is -0.334 e. The van der Waals surface area contributed by atoms with E-state index in [0.717, 1.165) is 44.3 Å². The van der Waals surface area contributed by atoms with Gasteiger partial charge in [-0.2, -0.15) is 0 Å². The largest absolute Gasteiger partial charge is 0.334 e. The third-order valence-electron chi connectivity index (χ3n) is 6.08. The van der Waals surface area contributed by atoms with Crippen molar-refractivity contribution in [2.75, 3.05) is 19.6 Å². The Hall–Kier alpha value is -2.40. The number of carbonyl (C=O) groups excluding carboxylic acids is 1. The van der Waals surface area contributed by atoms with E-state index >= 15 is 0 Å². The van der Waals surface area contributed by atoms with Crippen LogP contribution in [0, 0.1) is 12.8 Å². The van der Waals surface area contributed by atoms with Crippen molar-refractivity contribution < 1.29 is 4.79 Å². The molecule has 0 saturated carbocycles. The highest BCUT2D eigenvalue weighted by atomic mass is 16.2. The molecular formula is C23H29N3O2. The monoisotopic (exact) mass is 379 g/mol. The lowest BCUT2D eigenvalue weighted by atomic mass is 9.99. The number of pyridine rings is 1. The molecule has 5 nitrogen and oxygen atoms in total. The molecular weight excluding hydrogens is 350 g/mol. The molecule has 5 heteroatoms. The van der Waals surface area contributed by atoms with E-state index in [1.54, 1.807) is 4.57 Å². The van der Waals surface area contributed by atoms with Crippen LogP contribution in [0.1, 0.15) is 46.3 Å². The van der Waals surface area contributed by atoms with Gasteiger partial charge in [0.15, 0.2) is 0 Å². The van der Waals surface area contributed by atoms with E-state index in [1.807, 2.05) is 30.2 Å². The van der Waals surface area contributed by atoms with Crippen molar-refractivity contribution in [1.82, 2.24) is 14.8 Å². The van der Waals surface area contributed by atoms with Crippen molar-refractivity contribution in [1.29, 1.82) is 0 Å². The van der Waals surface area contributed by atoms with Gasteiger partial charge in [-0.05, 0) is 74.4 Å². The number of fused-ring (bicyclic) bond motifs is 1. The Morgan fingerprint density at radius 3 is 2.79 bits per heavy atom. The van der Waals surface area contributed by atoms with E-state index in [9.17, 15) is 9.59 Å². The summed E-state index contributed by atoms with van der Waals surface area (Å²) in [6, 6.07) is 10.2. The average molecular weight is 380 g/mol. The number of aromatic nitrogens is 1. The van der Waals surface area contributed by atoms with Crippen LogP contribution in [0.15, 0.2) is 41.3 Å². The number of benzene rings is 1. The molecule has 28 heavy (non-hydrogen) atoms. The summed E-state index contributed by atoms with van der Waals surface area (Å²) in [6.07, 6.45) is 6.02. The Labute approximate surface area is 166 Å². The lowest BCUT2D eigenvalue weighted by Crippen LogP contribution is -2.39. The number of carbonyl (C=O) groups is 1. The maximum Gasteiger partial charge on any atom is 0.263 e. The number of amides is 1. The summed E-state index contributed by atoms with van der Waals surface area (Å²) < 4.78 is 1.74. The third-order valence-corrected chi connectivity index (χ3v) is 6.08. The van der Waals surface area contributed by atoms with Crippen LogP contribution in [0.3, 0.4) is 0 Å². The van der Waals surface area contributed by atoms with Gasteiger partial charge >= 0.3 is 0 Å². The minimum atomic E-state index is -0.145. The van der Waals surface area contributed by atoms with Crippen molar-refractivity contribution in [3.05, 3.63) is 69.1 Å². The fourth-order valence-electron chi connectivity index (χ4n) is 4.46. The molecule has 4 rings (SSSR count). The van der Waals surface area contributed by atoms with Crippen molar-refractivity contribution in [3.8, 4) is 0 Å². The van der Waals surface area contributed by atoms with Gasteiger partial charge in [-0.25, -0.2) is 0 Å². The molecule has 0 radical (unpaired) electrons. The number of nitrogens with one attached hydrogen (secondary N) is 1. The van der Waals surface area contributed by atoms with Crippen LogP contribution in [0.25, 0.3) is 0 Å². The first-order chi connectivity index (χ1) is 13.6. The zero-order valence-corrected chi connectivity index (χ0v) is 16.6. The van der Waals surface area contributed by atoms with Crippen LogP contribution in [0.4, 0.5) is 0 Å². The smallest absolute Gasteiger partial charge is 0.263 e. The summed E-state index contributed by atoms with van der Waals surface area (Å²) in [6.45, 7) is 5.80. The Morgan fingerprint density at radius 1 is 1.18 bits per heavy atom. The quantitative estimate of drug-likeness (QED) is 0.892. The predicted octanol–water partition coefficient (Wildman–Crippen LogP) is 2.74. The molecule has 0 spiro atoms. The van der Waals surface area contributed by atoms with Gasteiger partial charge in [-0.1, -0.05) is 24.3 Å². The minimum absolute atomic E-state index is 0.129. The summed E-state index contributed by atoms with van der Waals surface area (Å²) in [5.74, 6) is 0.317. The number of hydrogen-bond donors (Lipinski definition) is 1. The predicted molar refractivity (Wildman–Crippen MR) is 111 cm³/mol. The maximum absolute atomic E-state index is 13.3. The van der Waals surface area contributed by atoms with Crippen LogP contribution >= 0.6 is 0 Å². The third kappa shape index (κ3) is 3.90. The molecule has 3 heterocycles. The number of hydrogen-bond acceptors (Lipinski definition) is 3. The molecule has 1 amide bonds. The van der Waals surface area contributed by atoms with Crippen molar-refractivity contribution >= 4 is 5.91 Å². The number of piperidine rings is 1. The Bertz CT molecular complexity index is 912. The SMILES string of the molecule is Cc1ccn(CC2CCCNC2)c(=O)c1C(=O)N1CCCc2ccccc2C1. The molecule has 148 valence electrons. The number of rotatable bonds is 3. The molecule has 1 aromatic carbocycles. The first-order valence-corrected chi connectivity index (χ1v) is 10.4. The second-order valence-electron chi connectivity index (χ2n) is 8.14. The van der Waals surface area contributed by atoms with Gasteiger partial charge in [0.05, 0.1) is 0 Å². The van der Waals surface area contributed by atoms with Gasteiger partial charge in [-0.3, -0.25) is 9.59 Å². The molecule has 0 aliphatic carbocycles. The van der Waals surface area contributed by atoms with Gasteiger partial charge in [0.2, 0.25) is 0 Å². The molecule has 1 saturated heterocycles. The van der Waals surface area contributed by atoms with E-state index in [-0.39, 0.29) is 11.5 Å². The highest BCUT2D eigenvalue weighted by Gasteiger charge is 2.25. The van der Waals surface area contributed by atoms with Gasteiger partial charge in [-0.15, -0.1) is 0 Å². The molecule has 0 bridgehead atoms. The van der Waals surface area contributed by atoms with Crippen molar-refractivity contribution in [2.24, 2.45) is 5.92 Å². The molecule has 1 unspecified atom stereocenters. The summed E-state index contributed by atoms with van der Waals surface area (Å²) in [7, 11) is 0. The molecule has 2 aliphatic heterocycles. The number of aryl methyl sites for hydroxylation is 2. The normalized spacial score (nSPS) is 19.8. The topological polar surface area (TPSA) is 54.3 Å². The summed E-state index contributed by atoms with van der Waals surface area (Å²) >= 11 is 0. The van der Waals surface area contributed by atoms with Crippen LogP contribution < -0.4 is 10.9 Å². The van der Waals surface area contributed by atoms with E-state index in [4.69, 9.17) is 0 Å². The van der Waals surface area contributed by atoms with Gasteiger partial charge in [0.1, 0.15) is 5.56 Å². The van der Waals surface area contributed by atoms with E-state index < -0.39 is 0 Å². The van der Waals surface area contributed by atoms with Gasteiger partial charge in [0, 0.05) is 25.8 Å². The molecule has 1 atom stereocenters. The summed E-state index contributed by atoms with van der Waals surface area (Å²) in [5, 5.41) is 3.40. The molecule has 1 aromatic heterocycles. The van der Waals surface area contributed by atoms with E-state index in [1.165, 1.54) is 11.1 Å². The molecule has 2 aromatic rings. The lowest BCUT2D eigenvalue weighted by Gasteiger charge is -2.25. The van der Waals surface area contributed by atoms with Crippen LogP contribution in [-0.4, -0.2) is 35.0 Å². The van der Waals surface area contributed by atoms with Crippen LogP contribution in [0.5, 0.6) is 0 Å². The Balaban J connectivity index is 1.60. The highest BCUT2D eigenvalue weighted by Crippen LogP contribution is 2.20. The maximum atomic E-state index is 13.3. The Kier molecular flexibility index (Phi) is 5.62. The molecule has 1 N–H and O–H groups in total. The van der Waals surface area contributed by atoms with Crippen molar-refractivity contribution in [3.63, 3.8) is 0 Å². The number of nitrogens with zero attached hydrogens (tertiary/aromatic N) is 2. The fourth-order valence-corrected chi connectivity index (χ4v) is 4.46. The first-order valence-electron chi connectivity index (χ1n) is 10.4. The van der Waals surface area contributed by atoms with Crippen LogP contribution in [0.2, 0.25) is 0 Å². The zero-order valence-electron chi connectivity index (χ0n) is 16.6. The van der Waals surface area contributed by atoms with E-state index in [2.05, 4.69) is 23.5 Å². The zero-order chi connectivity index (χ0) is 19.5. The fraction of sp³-hybridized carbons (Fsp3) is 0.478. The summed E-state index contributed by atoms with van der Waals surface area (Å²) in [4.78, 5) is 28.4. The lowest BCUT2D eigenvalue weighted by molar-refractivity contribution is 0.0742. The standard InChI is InChI=1S/C23H29N3O2/c1-17-10-13-26(15-18-6-4-11-24-14-18)23(28)21(17)22(27)25-12-5-9-19-7-2-3-8-20(19)16-25/h2-3,7-8,10,13,18,24H,4-6,9,11-12,14-16H2,1H3. The van der Waals surface area contributed by atoms with Crippen molar-refractivity contribution in [2.45, 2.75) is 45.7 Å². The van der Waals surface area contributed by atoms with Crippen LogP contribution in [-0.2, 0) is 19.5 Å². The molecule has 1 fully saturated rings. The highest BCUT2D eigenvalue weighted by molar-refractivity contribution is 5.95.